The summed E-state index contributed by atoms with van der Waals surface area (Å²) in [5.41, 5.74) is 1.80. The van der Waals surface area contributed by atoms with Crippen molar-refractivity contribution in [2.24, 2.45) is 11.8 Å². The van der Waals surface area contributed by atoms with Crippen molar-refractivity contribution in [1.82, 2.24) is 4.90 Å². The summed E-state index contributed by atoms with van der Waals surface area (Å²) in [5, 5.41) is 8.73. The third-order valence-corrected chi connectivity index (χ3v) is 6.06. The molecule has 122 valence electrons. The van der Waals surface area contributed by atoms with Crippen LogP contribution in [0.15, 0.2) is 11.6 Å². The molecule has 1 saturated heterocycles. The fourth-order valence-corrected chi connectivity index (χ4v) is 4.44. The average Bonchev–Trinajstić information content (AvgIpc) is 3.40. The first-order valence-corrected chi connectivity index (χ1v) is 9.66. The van der Waals surface area contributed by atoms with Crippen LogP contribution in [-0.4, -0.2) is 24.0 Å². The van der Waals surface area contributed by atoms with Gasteiger partial charge in [-0.2, -0.15) is 5.26 Å². The van der Waals surface area contributed by atoms with Gasteiger partial charge >= 0.3 is 0 Å². The molecule has 2 fully saturated rings. The van der Waals surface area contributed by atoms with Gasteiger partial charge in [-0.3, -0.25) is 0 Å². The van der Waals surface area contributed by atoms with Crippen molar-refractivity contribution in [1.29, 1.82) is 5.26 Å². The van der Waals surface area contributed by atoms with Gasteiger partial charge in [0.25, 0.3) is 0 Å². The van der Waals surface area contributed by atoms with Crippen LogP contribution in [0.1, 0.15) is 77.0 Å². The summed E-state index contributed by atoms with van der Waals surface area (Å²) in [7, 11) is 0. The molecule has 2 unspecified atom stereocenters. The van der Waals surface area contributed by atoms with Crippen LogP contribution in [0.25, 0.3) is 0 Å². The summed E-state index contributed by atoms with van der Waals surface area (Å²) in [5.74, 6) is 1.93. The van der Waals surface area contributed by atoms with Gasteiger partial charge in [0.1, 0.15) is 0 Å². The summed E-state index contributed by atoms with van der Waals surface area (Å²) in [6.45, 7) is 2.60. The van der Waals surface area contributed by atoms with E-state index in [1.165, 1.54) is 77.3 Å². The molecule has 0 bridgehead atoms. The minimum Gasteiger partial charge on any atom is -0.300 e. The number of hydrogen-bond donors (Lipinski definition) is 0. The largest absolute Gasteiger partial charge is 0.300 e. The van der Waals surface area contributed by atoms with Crippen LogP contribution in [-0.2, 0) is 0 Å². The highest BCUT2D eigenvalue weighted by Gasteiger charge is 2.28. The van der Waals surface area contributed by atoms with Gasteiger partial charge in [0.15, 0.2) is 0 Å². The molecule has 3 aliphatic rings. The minimum absolute atomic E-state index is 0.738. The molecule has 0 aromatic heterocycles. The molecule has 0 aromatic carbocycles. The highest BCUT2D eigenvalue weighted by molar-refractivity contribution is 5.15. The van der Waals surface area contributed by atoms with Gasteiger partial charge < -0.3 is 4.90 Å². The predicted octanol–water partition coefficient (Wildman–Crippen LogP) is 5.06. The van der Waals surface area contributed by atoms with Gasteiger partial charge in [-0.1, -0.05) is 18.1 Å². The van der Waals surface area contributed by atoms with E-state index in [4.69, 9.17) is 5.26 Å². The molecule has 1 saturated carbocycles. The maximum Gasteiger partial charge on any atom is 0.0621 e. The summed E-state index contributed by atoms with van der Waals surface area (Å²) in [4.78, 5) is 2.75. The number of rotatable bonds is 7. The van der Waals surface area contributed by atoms with Crippen LogP contribution >= 0.6 is 0 Å². The molecule has 2 atom stereocenters. The molecule has 0 spiro atoms. The molecule has 0 N–H and O–H groups in total. The Bertz CT molecular complexity index is 416. The van der Waals surface area contributed by atoms with Crippen LogP contribution in [0.2, 0.25) is 0 Å². The molecule has 1 heterocycles. The Morgan fingerprint density at radius 3 is 2.77 bits per heavy atom. The Morgan fingerprint density at radius 1 is 1.14 bits per heavy atom. The quantitative estimate of drug-likeness (QED) is 0.485. The molecule has 0 amide bonds. The smallest absolute Gasteiger partial charge is 0.0621 e. The Labute approximate surface area is 136 Å². The second-order valence-corrected chi connectivity index (χ2v) is 7.72. The number of nitriles is 1. The fraction of sp³-hybridized carbons (Fsp3) is 0.850. The third-order valence-electron chi connectivity index (χ3n) is 6.06. The van der Waals surface area contributed by atoms with Gasteiger partial charge in [-0.15, -0.1) is 0 Å². The zero-order chi connectivity index (χ0) is 15.2. The molecule has 2 heteroatoms. The molecular weight excluding hydrogens is 268 g/mol. The lowest BCUT2D eigenvalue weighted by atomic mass is 9.85. The fourth-order valence-electron chi connectivity index (χ4n) is 4.44. The zero-order valence-electron chi connectivity index (χ0n) is 14.1. The first kappa shape index (κ1) is 16.1. The van der Waals surface area contributed by atoms with Crippen LogP contribution in [0.4, 0.5) is 0 Å². The molecule has 0 radical (unpaired) electrons. The summed E-state index contributed by atoms with van der Waals surface area (Å²) < 4.78 is 0. The van der Waals surface area contributed by atoms with Gasteiger partial charge in [0.2, 0.25) is 0 Å². The molecule has 0 aromatic rings. The maximum atomic E-state index is 8.73. The van der Waals surface area contributed by atoms with Crippen LogP contribution in [0.3, 0.4) is 0 Å². The monoisotopic (exact) mass is 300 g/mol. The molecule has 3 rings (SSSR count). The SMILES string of the molecule is N#CCCCC1CCCCN1CCC1CC=C(C2CC2)CC1. The number of likely N-dealkylation sites (tertiary alicyclic amines) is 1. The topological polar surface area (TPSA) is 27.0 Å². The van der Waals surface area contributed by atoms with Gasteiger partial charge in [0, 0.05) is 12.5 Å². The second-order valence-electron chi connectivity index (χ2n) is 7.72. The van der Waals surface area contributed by atoms with E-state index in [0.29, 0.717) is 0 Å². The van der Waals surface area contributed by atoms with E-state index in [2.05, 4.69) is 17.0 Å². The Hall–Kier alpha value is -0.810. The van der Waals surface area contributed by atoms with E-state index in [-0.39, 0.29) is 0 Å². The van der Waals surface area contributed by atoms with Gasteiger partial charge in [-0.05, 0) is 89.1 Å². The van der Waals surface area contributed by atoms with E-state index in [1.54, 1.807) is 5.57 Å². The lowest BCUT2D eigenvalue weighted by Gasteiger charge is -2.37. The highest BCUT2D eigenvalue weighted by atomic mass is 15.2. The summed E-state index contributed by atoms with van der Waals surface area (Å²) in [6.07, 6.45) is 18.3. The standard InChI is InChI=1S/C20H32N2/c21-14-3-1-5-20-6-2-4-15-22(20)16-13-17-7-9-18(10-8-17)19-11-12-19/h9,17,19-20H,1-8,10-13,15-16H2. The van der Waals surface area contributed by atoms with Crippen molar-refractivity contribution in [3.05, 3.63) is 11.6 Å². The lowest BCUT2D eigenvalue weighted by Crippen LogP contribution is -2.40. The van der Waals surface area contributed by atoms with Crippen molar-refractivity contribution in [3.8, 4) is 6.07 Å². The molecule has 22 heavy (non-hydrogen) atoms. The summed E-state index contributed by atoms with van der Waals surface area (Å²) >= 11 is 0. The van der Waals surface area contributed by atoms with Crippen molar-refractivity contribution in [3.63, 3.8) is 0 Å². The van der Waals surface area contributed by atoms with Crippen molar-refractivity contribution >= 4 is 0 Å². The van der Waals surface area contributed by atoms with Crippen LogP contribution in [0.5, 0.6) is 0 Å². The zero-order valence-corrected chi connectivity index (χ0v) is 14.1. The second kappa shape index (κ2) is 8.16. The number of piperidine rings is 1. The normalized spacial score (nSPS) is 29.9. The van der Waals surface area contributed by atoms with Gasteiger partial charge in [-0.25, -0.2) is 0 Å². The van der Waals surface area contributed by atoms with E-state index in [1.807, 2.05) is 0 Å². The van der Waals surface area contributed by atoms with Gasteiger partial charge in [0.05, 0.1) is 6.07 Å². The number of unbranched alkanes of at least 4 members (excludes halogenated alkanes) is 1. The van der Waals surface area contributed by atoms with E-state index in [9.17, 15) is 0 Å². The first-order chi connectivity index (χ1) is 10.9. The minimum atomic E-state index is 0.738. The van der Waals surface area contributed by atoms with E-state index < -0.39 is 0 Å². The van der Waals surface area contributed by atoms with Crippen molar-refractivity contribution < 1.29 is 0 Å². The molecule has 2 aliphatic carbocycles. The highest BCUT2D eigenvalue weighted by Crippen LogP contribution is 2.42. The van der Waals surface area contributed by atoms with Crippen LogP contribution in [0, 0.1) is 23.2 Å². The third kappa shape index (κ3) is 4.59. The van der Waals surface area contributed by atoms with E-state index in [0.717, 1.165) is 30.7 Å². The number of nitrogens with zero attached hydrogens (tertiary/aromatic N) is 2. The Kier molecular flexibility index (Phi) is 5.96. The predicted molar refractivity (Wildman–Crippen MR) is 91.4 cm³/mol. The Morgan fingerprint density at radius 2 is 2.05 bits per heavy atom. The molecule has 2 nitrogen and oxygen atoms in total. The molecule has 1 aliphatic heterocycles. The maximum absolute atomic E-state index is 8.73. The van der Waals surface area contributed by atoms with Crippen molar-refractivity contribution in [2.75, 3.05) is 13.1 Å². The van der Waals surface area contributed by atoms with E-state index >= 15 is 0 Å². The first-order valence-electron chi connectivity index (χ1n) is 9.66. The summed E-state index contributed by atoms with van der Waals surface area (Å²) in [6, 6.07) is 3.07. The number of allylic oxidation sites excluding steroid dienone is 2. The lowest BCUT2D eigenvalue weighted by molar-refractivity contribution is 0.128. The van der Waals surface area contributed by atoms with Crippen molar-refractivity contribution in [2.45, 2.75) is 83.1 Å². The Balaban J connectivity index is 1.40. The molecular formula is C20H32N2. The average molecular weight is 300 g/mol. The number of hydrogen-bond acceptors (Lipinski definition) is 2. The van der Waals surface area contributed by atoms with Crippen LogP contribution < -0.4 is 0 Å².